The molecule has 0 bridgehead atoms. The number of likely N-dealkylation sites (tertiary alicyclic amines) is 1. The number of H-pyrrole nitrogens is 1. The van der Waals surface area contributed by atoms with Crippen molar-refractivity contribution in [3.05, 3.63) is 18.2 Å². The zero-order valence-electron chi connectivity index (χ0n) is 16.0. The van der Waals surface area contributed by atoms with Gasteiger partial charge in [-0.05, 0) is 19.8 Å². The minimum atomic E-state index is -1.21. The van der Waals surface area contributed by atoms with E-state index in [1.165, 1.54) is 24.3 Å². The second-order valence-corrected chi connectivity index (χ2v) is 6.89. The van der Waals surface area contributed by atoms with Crippen molar-refractivity contribution in [2.45, 2.75) is 50.4 Å². The molecule has 1 aliphatic heterocycles. The summed E-state index contributed by atoms with van der Waals surface area (Å²) in [4.78, 5) is 56.5. The lowest BCUT2D eigenvalue weighted by Gasteiger charge is -2.28. The van der Waals surface area contributed by atoms with E-state index < -0.39 is 54.5 Å². The molecule has 7 N–H and O–H groups in total. The maximum atomic E-state index is 12.7. The van der Waals surface area contributed by atoms with Crippen molar-refractivity contribution in [1.29, 1.82) is 0 Å². The lowest BCUT2D eigenvalue weighted by Crippen LogP contribution is -2.56. The number of aliphatic hydroxyl groups excluding tert-OH is 1. The Bertz CT molecular complexity index is 739. The normalized spacial score (nSPS) is 19.3. The third-order valence-electron chi connectivity index (χ3n) is 4.69. The van der Waals surface area contributed by atoms with Crippen LogP contribution in [0.2, 0.25) is 0 Å². The van der Waals surface area contributed by atoms with Gasteiger partial charge in [0.05, 0.1) is 12.9 Å². The number of amides is 3. The fraction of sp³-hybridized carbons (Fsp3) is 0.588. The van der Waals surface area contributed by atoms with E-state index >= 15 is 0 Å². The van der Waals surface area contributed by atoms with Crippen LogP contribution in [0.15, 0.2) is 12.5 Å². The van der Waals surface area contributed by atoms with E-state index in [0.29, 0.717) is 25.1 Å². The lowest BCUT2D eigenvalue weighted by molar-refractivity contribution is -0.144. The standard InChI is InChI=1S/C17H26N6O6/c1-9(21-14(25)11(18)7-24)16(27)23-4-2-3-13(23)15(26)22-12(17(28)29)5-10-6-19-8-20-10/h6,8-9,11-13,24H,2-5,7,18H2,1H3,(H,19,20)(H,21,25)(H,22,26)(H,28,29). The Morgan fingerprint density at radius 2 is 2.10 bits per heavy atom. The summed E-state index contributed by atoms with van der Waals surface area (Å²) in [5.41, 5.74) is 5.97. The summed E-state index contributed by atoms with van der Waals surface area (Å²) >= 11 is 0. The number of nitrogens with one attached hydrogen (secondary N) is 3. The monoisotopic (exact) mass is 410 g/mol. The summed E-state index contributed by atoms with van der Waals surface area (Å²) in [5.74, 6) is -2.95. The number of imidazole rings is 1. The summed E-state index contributed by atoms with van der Waals surface area (Å²) in [7, 11) is 0. The maximum Gasteiger partial charge on any atom is 0.326 e. The number of nitrogens with two attached hydrogens (primary N) is 1. The van der Waals surface area contributed by atoms with Gasteiger partial charge >= 0.3 is 5.97 Å². The molecule has 0 aliphatic carbocycles. The number of carboxylic acids is 1. The fourth-order valence-electron chi connectivity index (χ4n) is 3.10. The molecule has 12 nitrogen and oxygen atoms in total. The highest BCUT2D eigenvalue weighted by molar-refractivity contribution is 5.94. The van der Waals surface area contributed by atoms with E-state index in [1.54, 1.807) is 0 Å². The number of hydrogen-bond acceptors (Lipinski definition) is 7. The van der Waals surface area contributed by atoms with Gasteiger partial charge in [-0.2, -0.15) is 0 Å². The fourth-order valence-corrected chi connectivity index (χ4v) is 3.10. The van der Waals surface area contributed by atoms with Gasteiger partial charge in [0.15, 0.2) is 0 Å². The van der Waals surface area contributed by atoms with Crippen molar-refractivity contribution in [2.75, 3.05) is 13.2 Å². The molecule has 0 aromatic carbocycles. The van der Waals surface area contributed by atoms with E-state index in [4.69, 9.17) is 10.8 Å². The highest BCUT2D eigenvalue weighted by Crippen LogP contribution is 2.19. The molecule has 4 atom stereocenters. The number of carbonyl (C=O) groups is 4. The van der Waals surface area contributed by atoms with Crippen molar-refractivity contribution in [3.8, 4) is 0 Å². The second-order valence-electron chi connectivity index (χ2n) is 6.89. The average molecular weight is 410 g/mol. The van der Waals surface area contributed by atoms with Crippen LogP contribution in [0.3, 0.4) is 0 Å². The maximum absolute atomic E-state index is 12.7. The first-order valence-electron chi connectivity index (χ1n) is 9.22. The van der Waals surface area contributed by atoms with Crippen LogP contribution in [-0.4, -0.2) is 86.1 Å². The predicted molar refractivity (Wildman–Crippen MR) is 99.3 cm³/mol. The molecular formula is C17H26N6O6. The molecule has 1 aromatic rings. The SMILES string of the molecule is CC(NC(=O)C(N)CO)C(=O)N1CCCC1C(=O)NC(Cc1cnc[nH]1)C(=O)O. The quantitative estimate of drug-likeness (QED) is 0.254. The second kappa shape index (κ2) is 9.98. The van der Waals surface area contributed by atoms with E-state index in [0.717, 1.165) is 0 Å². The smallest absolute Gasteiger partial charge is 0.326 e. The van der Waals surface area contributed by atoms with E-state index in [9.17, 15) is 24.3 Å². The first kappa shape index (κ1) is 22.3. The Balaban J connectivity index is 2.00. The Morgan fingerprint density at radius 1 is 1.38 bits per heavy atom. The molecule has 1 fully saturated rings. The molecule has 4 unspecified atom stereocenters. The third-order valence-corrected chi connectivity index (χ3v) is 4.69. The molecule has 0 saturated carbocycles. The number of carboxylic acid groups (broad SMARTS) is 1. The van der Waals surface area contributed by atoms with Gasteiger partial charge in [-0.3, -0.25) is 14.4 Å². The molecule has 0 spiro atoms. The molecule has 12 heteroatoms. The summed E-state index contributed by atoms with van der Waals surface area (Å²) in [6, 6.07) is -4.12. The topological polar surface area (TPSA) is 191 Å². The number of carbonyl (C=O) groups excluding carboxylic acids is 3. The van der Waals surface area contributed by atoms with Gasteiger partial charge in [-0.25, -0.2) is 9.78 Å². The summed E-state index contributed by atoms with van der Waals surface area (Å²) in [5, 5.41) is 23.2. The lowest BCUT2D eigenvalue weighted by atomic mass is 10.1. The van der Waals surface area contributed by atoms with Gasteiger partial charge in [0.2, 0.25) is 17.7 Å². The number of aliphatic carboxylic acids is 1. The number of hydrogen-bond donors (Lipinski definition) is 6. The zero-order chi connectivity index (χ0) is 21.6. The minimum Gasteiger partial charge on any atom is -0.480 e. The number of nitrogens with zero attached hydrogens (tertiary/aromatic N) is 2. The average Bonchev–Trinajstić information content (AvgIpc) is 3.37. The summed E-state index contributed by atoms with van der Waals surface area (Å²) in [6.07, 6.45) is 3.84. The van der Waals surface area contributed by atoms with Crippen LogP contribution in [0.25, 0.3) is 0 Å². The van der Waals surface area contributed by atoms with Gasteiger partial charge in [0.1, 0.15) is 24.2 Å². The molecule has 160 valence electrons. The highest BCUT2D eigenvalue weighted by atomic mass is 16.4. The largest absolute Gasteiger partial charge is 0.480 e. The summed E-state index contributed by atoms with van der Waals surface area (Å²) < 4.78 is 0. The first-order valence-corrected chi connectivity index (χ1v) is 9.22. The molecule has 0 radical (unpaired) electrons. The van der Waals surface area contributed by atoms with Crippen LogP contribution in [0.5, 0.6) is 0 Å². The van der Waals surface area contributed by atoms with Crippen LogP contribution in [0, 0.1) is 0 Å². The van der Waals surface area contributed by atoms with E-state index in [1.807, 2.05) is 0 Å². The summed E-state index contributed by atoms with van der Waals surface area (Å²) in [6.45, 7) is 1.20. The number of rotatable bonds is 9. The Labute approximate surface area is 166 Å². The first-order chi connectivity index (χ1) is 13.7. The van der Waals surface area contributed by atoms with Crippen molar-refractivity contribution in [1.82, 2.24) is 25.5 Å². The Hall–Kier alpha value is -2.99. The van der Waals surface area contributed by atoms with E-state index in [2.05, 4.69) is 20.6 Å². The molecule has 1 aliphatic rings. The Morgan fingerprint density at radius 3 is 2.69 bits per heavy atom. The van der Waals surface area contributed by atoms with Gasteiger partial charge in [-0.15, -0.1) is 0 Å². The van der Waals surface area contributed by atoms with Crippen molar-refractivity contribution in [3.63, 3.8) is 0 Å². The number of aromatic nitrogens is 2. The molecule has 2 rings (SSSR count). The highest BCUT2D eigenvalue weighted by Gasteiger charge is 2.38. The zero-order valence-corrected chi connectivity index (χ0v) is 16.0. The molecule has 2 heterocycles. The van der Waals surface area contributed by atoms with Crippen LogP contribution < -0.4 is 16.4 Å². The van der Waals surface area contributed by atoms with Crippen LogP contribution in [-0.2, 0) is 25.6 Å². The number of aromatic amines is 1. The van der Waals surface area contributed by atoms with Crippen LogP contribution in [0.4, 0.5) is 0 Å². The molecular weight excluding hydrogens is 384 g/mol. The van der Waals surface area contributed by atoms with Crippen molar-refractivity contribution < 1.29 is 29.4 Å². The van der Waals surface area contributed by atoms with Gasteiger partial charge in [-0.1, -0.05) is 0 Å². The molecule has 1 aromatic heterocycles. The molecule has 29 heavy (non-hydrogen) atoms. The number of aliphatic hydroxyl groups is 1. The Kier molecular flexibility index (Phi) is 7.67. The minimum absolute atomic E-state index is 0.0211. The predicted octanol–water partition coefficient (Wildman–Crippen LogP) is -2.66. The molecule has 3 amide bonds. The van der Waals surface area contributed by atoms with Gasteiger partial charge in [0.25, 0.3) is 0 Å². The van der Waals surface area contributed by atoms with Crippen LogP contribution in [0.1, 0.15) is 25.5 Å². The molecule has 1 saturated heterocycles. The van der Waals surface area contributed by atoms with Gasteiger partial charge < -0.3 is 36.5 Å². The van der Waals surface area contributed by atoms with Crippen molar-refractivity contribution >= 4 is 23.7 Å². The van der Waals surface area contributed by atoms with Gasteiger partial charge in [0, 0.05) is 24.9 Å². The third kappa shape index (κ3) is 5.74. The van der Waals surface area contributed by atoms with Crippen molar-refractivity contribution in [2.24, 2.45) is 5.73 Å². The van der Waals surface area contributed by atoms with Crippen LogP contribution >= 0.6 is 0 Å². The van der Waals surface area contributed by atoms with E-state index in [-0.39, 0.29) is 6.42 Å².